The van der Waals surface area contributed by atoms with Crippen molar-refractivity contribution < 1.29 is 30.0 Å². The van der Waals surface area contributed by atoms with E-state index in [2.05, 4.69) is 10.6 Å². The van der Waals surface area contributed by atoms with Gasteiger partial charge in [-0.2, -0.15) is 0 Å². The minimum absolute atomic E-state index is 0.0332. The fourth-order valence-electron chi connectivity index (χ4n) is 2.52. The van der Waals surface area contributed by atoms with Crippen LogP contribution in [-0.4, -0.2) is 64.1 Å². The molecule has 0 heterocycles. The highest BCUT2D eigenvalue weighted by Gasteiger charge is 2.17. The zero-order chi connectivity index (χ0) is 19.7. The van der Waals surface area contributed by atoms with Crippen LogP contribution in [0.15, 0.2) is 18.2 Å². The number of rotatable bonds is 11. The molecule has 3 unspecified atom stereocenters. The molecule has 0 aliphatic heterocycles. The van der Waals surface area contributed by atoms with Crippen molar-refractivity contribution >= 4 is 11.9 Å². The lowest BCUT2D eigenvalue weighted by Crippen LogP contribution is -2.34. The summed E-state index contributed by atoms with van der Waals surface area (Å²) in [4.78, 5) is 22.7. The maximum Gasteiger partial charge on any atom is 0.332 e. The smallest absolute Gasteiger partial charge is 0.332 e. The lowest BCUT2D eigenvalue weighted by Gasteiger charge is -2.19. The van der Waals surface area contributed by atoms with Gasteiger partial charge in [0.2, 0.25) is 0 Å². The molecule has 1 aromatic carbocycles. The number of carboxylic acid groups (broad SMARTS) is 1. The highest BCUT2D eigenvalue weighted by molar-refractivity contribution is 5.94. The van der Waals surface area contributed by atoms with Crippen LogP contribution >= 0.6 is 0 Å². The Kier molecular flexibility index (Phi) is 9.04. The number of aliphatic hydroxyl groups is 2. The average Bonchev–Trinajstić information content (AvgIpc) is 2.61. The Hall–Kier alpha value is -2.16. The van der Waals surface area contributed by atoms with Gasteiger partial charge in [0.1, 0.15) is 5.75 Å². The molecule has 1 rings (SSSR count). The predicted molar refractivity (Wildman–Crippen MR) is 96.1 cm³/mol. The topological polar surface area (TPSA) is 139 Å². The maximum absolute atomic E-state index is 12.0. The molecule has 6 N–H and O–H groups in total. The lowest BCUT2D eigenvalue weighted by molar-refractivity contribution is -0.147. The Labute approximate surface area is 152 Å². The van der Waals surface area contributed by atoms with Gasteiger partial charge in [0.25, 0.3) is 5.91 Å². The zero-order valence-electron chi connectivity index (χ0n) is 15.1. The van der Waals surface area contributed by atoms with Crippen LogP contribution in [0, 0.1) is 6.92 Å². The van der Waals surface area contributed by atoms with E-state index in [9.17, 15) is 24.9 Å². The fourth-order valence-corrected chi connectivity index (χ4v) is 2.52. The Morgan fingerprint density at radius 2 is 1.77 bits per heavy atom. The van der Waals surface area contributed by atoms with E-state index < -0.39 is 18.2 Å². The number of amides is 1. The first-order chi connectivity index (χ1) is 12.2. The summed E-state index contributed by atoms with van der Waals surface area (Å²) >= 11 is 0. The number of carboxylic acids is 1. The number of aliphatic carboxylic acids is 1. The van der Waals surface area contributed by atoms with Gasteiger partial charge in [-0.15, -0.1) is 0 Å². The normalized spacial score (nSPS) is 14.5. The van der Waals surface area contributed by atoms with Crippen LogP contribution in [0.1, 0.15) is 41.6 Å². The second-order valence-corrected chi connectivity index (χ2v) is 6.36. The number of benzene rings is 1. The van der Waals surface area contributed by atoms with Crippen LogP contribution in [-0.2, 0) is 4.79 Å². The fraction of sp³-hybridized carbons (Fsp3) is 0.556. The van der Waals surface area contributed by atoms with Gasteiger partial charge in [0, 0.05) is 18.2 Å². The standard InChI is InChI=1S/C18H28N2O6/c1-11-9-12(3-7-15(11)22)17(24)20-10-14(21)6-4-13(19-2)5-8-16(23)18(25)26/h3,7,9,13-14,16,19,21-23H,4-6,8,10H2,1-2H3,(H,20,24)(H,25,26). The minimum atomic E-state index is -1.39. The van der Waals surface area contributed by atoms with E-state index in [-0.39, 0.29) is 30.7 Å². The van der Waals surface area contributed by atoms with E-state index in [1.54, 1.807) is 20.0 Å². The molecule has 0 saturated carbocycles. The molecule has 0 spiro atoms. The number of nitrogens with one attached hydrogen (secondary N) is 2. The molecule has 0 saturated heterocycles. The highest BCUT2D eigenvalue weighted by atomic mass is 16.4. The molecule has 146 valence electrons. The number of hydrogen-bond donors (Lipinski definition) is 6. The summed E-state index contributed by atoms with van der Waals surface area (Å²) in [5.74, 6) is -1.46. The van der Waals surface area contributed by atoms with E-state index in [1.165, 1.54) is 12.1 Å². The Balaban J connectivity index is 2.36. The Morgan fingerprint density at radius 3 is 2.35 bits per heavy atom. The highest BCUT2D eigenvalue weighted by Crippen LogP contribution is 2.17. The van der Waals surface area contributed by atoms with Crippen molar-refractivity contribution in [3.8, 4) is 5.75 Å². The summed E-state index contributed by atoms with van der Waals surface area (Å²) in [5.41, 5.74) is 1.00. The second-order valence-electron chi connectivity index (χ2n) is 6.36. The zero-order valence-corrected chi connectivity index (χ0v) is 15.1. The first-order valence-corrected chi connectivity index (χ1v) is 8.58. The van der Waals surface area contributed by atoms with Crippen LogP contribution in [0.25, 0.3) is 0 Å². The predicted octanol–water partition coefficient (Wildman–Crippen LogP) is 0.385. The molecule has 26 heavy (non-hydrogen) atoms. The molecular weight excluding hydrogens is 340 g/mol. The molecule has 8 heteroatoms. The number of aryl methyl sites for hydroxylation is 1. The van der Waals surface area contributed by atoms with Crippen molar-refractivity contribution in [2.24, 2.45) is 0 Å². The molecule has 8 nitrogen and oxygen atoms in total. The van der Waals surface area contributed by atoms with Crippen molar-refractivity contribution in [1.29, 1.82) is 0 Å². The molecule has 0 fully saturated rings. The first-order valence-electron chi connectivity index (χ1n) is 8.58. The van der Waals surface area contributed by atoms with Gasteiger partial charge in [0.15, 0.2) is 6.10 Å². The average molecular weight is 368 g/mol. The Morgan fingerprint density at radius 1 is 1.12 bits per heavy atom. The molecule has 0 radical (unpaired) electrons. The number of carbonyl (C=O) groups excluding carboxylic acids is 1. The van der Waals surface area contributed by atoms with Crippen LogP contribution in [0.2, 0.25) is 0 Å². The van der Waals surface area contributed by atoms with Crippen molar-refractivity contribution in [3.05, 3.63) is 29.3 Å². The third kappa shape index (κ3) is 7.38. The van der Waals surface area contributed by atoms with E-state index in [0.29, 0.717) is 30.4 Å². The molecular formula is C18H28N2O6. The van der Waals surface area contributed by atoms with Crippen LogP contribution in [0.3, 0.4) is 0 Å². The third-order valence-electron chi connectivity index (χ3n) is 4.29. The van der Waals surface area contributed by atoms with E-state index in [0.717, 1.165) is 0 Å². The van der Waals surface area contributed by atoms with Crippen LogP contribution < -0.4 is 10.6 Å². The monoisotopic (exact) mass is 368 g/mol. The van der Waals surface area contributed by atoms with Gasteiger partial charge in [-0.3, -0.25) is 4.79 Å². The quantitative estimate of drug-likeness (QED) is 0.332. The minimum Gasteiger partial charge on any atom is -0.508 e. The molecule has 0 aliphatic carbocycles. The van der Waals surface area contributed by atoms with Gasteiger partial charge in [-0.25, -0.2) is 4.79 Å². The number of carbonyl (C=O) groups is 2. The van der Waals surface area contributed by atoms with Gasteiger partial charge in [-0.05, 0) is 63.4 Å². The molecule has 0 aliphatic rings. The van der Waals surface area contributed by atoms with Crippen molar-refractivity contribution in [1.82, 2.24) is 10.6 Å². The first kappa shape index (κ1) is 21.9. The number of aliphatic hydroxyl groups excluding tert-OH is 2. The van der Waals surface area contributed by atoms with E-state index in [4.69, 9.17) is 5.11 Å². The molecule has 0 aromatic heterocycles. The van der Waals surface area contributed by atoms with Gasteiger partial charge in [0.05, 0.1) is 6.10 Å². The van der Waals surface area contributed by atoms with Crippen LogP contribution in [0.4, 0.5) is 0 Å². The van der Waals surface area contributed by atoms with Crippen molar-refractivity contribution in [2.45, 2.75) is 50.9 Å². The molecule has 1 amide bonds. The third-order valence-corrected chi connectivity index (χ3v) is 4.29. The summed E-state index contributed by atoms with van der Waals surface area (Å²) in [5, 5.41) is 43.1. The summed E-state index contributed by atoms with van der Waals surface area (Å²) in [6.45, 7) is 1.78. The van der Waals surface area contributed by atoms with Crippen molar-refractivity contribution in [2.75, 3.05) is 13.6 Å². The number of phenolic OH excluding ortho intramolecular Hbond substituents is 1. The van der Waals surface area contributed by atoms with E-state index in [1.807, 2.05) is 0 Å². The van der Waals surface area contributed by atoms with Gasteiger partial charge < -0.3 is 31.1 Å². The Bertz CT molecular complexity index is 607. The van der Waals surface area contributed by atoms with Crippen molar-refractivity contribution in [3.63, 3.8) is 0 Å². The number of phenols is 1. The lowest BCUT2D eigenvalue weighted by atomic mass is 10.0. The molecule has 3 atom stereocenters. The summed E-state index contributed by atoms with van der Waals surface area (Å²) in [7, 11) is 1.74. The second kappa shape index (κ2) is 10.7. The van der Waals surface area contributed by atoms with Crippen LogP contribution in [0.5, 0.6) is 5.75 Å². The van der Waals surface area contributed by atoms with E-state index >= 15 is 0 Å². The summed E-state index contributed by atoms with van der Waals surface area (Å²) < 4.78 is 0. The largest absolute Gasteiger partial charge is 0.508 e. The number of hydrogen-bond acceptors (Lipinski definition) is 6. The molecule has 1 aromatic rings. The SMILES string of the molecule is CNC(CCC(O)CNC(=O)c1ccc(O)c(C)c1)CCC(O)C(=O)O. The van der Waals surface area contributed by atoms with Gasteiger partial charge >= 0.3 is 5.97 Å². The van der Waals surface area contributed by atoms with Gasteiger partial charge in [-0.1, -0.05) is 0 Å². The number of aromatic hydroxyl groups is 1. The summed E-state index contributed by atoms with van der Waals surface area (Å²) in [6.07, 6.45) is -0.521. The maximum atomic E-state index is 12.0. The summed E-state index contributed by atoms with van der Waals surface area (Å²) in [6, 6.07) is 4.49. The molecule has 0 bridgehead atoms.